The third kappa shape index (κ3) is 1.88. The first-order chi connectivity index (χ1) is 7.20. The van der Waals surface area contributed by atoms with E-state index >= 15 is 0 Å². The Morgan fingerprint density at radius 2 is 2.20 bits per heavy atom. The predicted octanol–water partition coefficient (Wildman–Crippen LogP) is 1.32. The number of rotatable bonds is 2. The Hall–Kier alpha value is -1.71. The molecule has 0 spiro atoms. The SMILES string of the molecule is C=CC1CC(=O)N(c2cnc(C)nc2)C1. The number of hydrogen-bond donors (Lipinski definition) is 0. The van der Waals surface area contributed by atoms with E-state index in [1.165, 1.54) is 0 Å². The zero-order valence-electron chi connectivity index (χ0n) is 8.68. The largest absolute Gasteiger partial charge is 0.309 e. The molecular weight excluding hydrogens is 190 g/mol. The summed E-state index contributed by atoms with van der Waals surface area (Å²) in [7, 11) is 0. The standard InChI is InChI=1S/C11H13N3O/c1-3-9-4-11(15)14(7-9)10-5-12-8(2)13-6-10/h3,5-6,9H,1,4,7H2,2H3. The van der Waals surface area contributed by atoms with Crippen molar-refractivity contribution >= 4 is 11.6 Å². The van der Waals surface area contributed by atoms with E-state index in [0.29, 0.717) is 18.8 Å². The molecule has 15 heavy (non-hydrogen) atoms. The van der Waals surface area contributed by atoms with E-state index in [2.05, 4.69) is 16.5 Å². The second kappa shape index (κ2) is 3.81. The van der Waals surface area contributed by atoms with Gasteiger partial charge in [0.25, 0.3) is 0 Å². The van der Waals surface area contributed by atoms with Gasteiger partial charge in [-0.15, -0.1) is 6.58 Å². The Labute approximate surface area is 88.7 Å². The van der Waals surface area contributed by atoms with Crippen LogP contribution in [0.5, 0.6) is 0 Å². The van der Waals surface area contributed by atoms with E-state index in [1.54, 1.807) is 17.3 Å². The minimum atomic E-state index is 0.118. The quantitative estimate of drug-likeness (QED) is 0.681. The van der Waals surface area contributed by atoms with E-state index < -0.39 is 0 Å². The minimum absolute atomic E-state index is 0.118. The lowest BCUT2D eigenvalue weighted by atomic mass is 10.1. The van der Waals surface area contributed by atoms with Crippen molar-refractivity contribution in [3.8, 4) is 0 Å². The molecule has 1 saturated heterocycles. The Balaban J connectivity index is 2.21. The van der Waals surface area contributed by atoms with Crippen molar-refractivity contribution in [1.82, 2.24) is 9.97 Å². The molecule has 1 aliphatic rings. The van der Waals surface area contributed by atoms with Crippen LogP contribution in [0.2, 0.25) is 0 Å². The maximum absolute atomic E-state index is 11.7. The molecule has 0 N–H and O–H groups in total. The summed E-state index contributed by atoms with van der Waals surface area (Å²) in [5.41, 5.74) is 0.773. The zero-order valence-corrected chi connectivity index (χ0v) is 8.68. The average molecular weight is 203 g/mol. The summed E-state index contributed by atoms with van der Waals surface area (Å²) in [4.78, 5) is 21.5. The number of aryl methyl sites for hydroxylation is 1. The minimum Gasteiger partial charge on any atom is -0.309 e. The molecule has 1 amide bonds. The van der Waals surface area contributed by atoms with Gasteiger partial charge in [-0.05, 0) is 6.92 Å². The van der Waals surface area contributed by atoms with Gasteiger partial charge in [0.2, 0.25) is 5.91 Å². The molecule has 78 valence electrons. The molecule has 1 aromatic heterocycles. The topological polar surface area (TPSA) is 46.1 Å². The van der Waals surface area contributed by atoms with E-state index in [1.807, 2.05) is 13.0 Å². The molecule has 4 heteroatoms. The van der Waals surface area contributed by atoms with Crippen LogP contribution in [0, 0.1) is 12.8 Å². The fraction of sp³-hybridized carbons (Fsp3) is 0.364. The van der Waals surface area contributed by atoms with Gasteiger partial charge in [0.05, 0.1) is 18.1 Å². The lowest BCUT2D eigenvalue weighted by Gasteiger charge is -2.14. The van der Waals surface area contributed by atoms with Crippen molar-refractivity contribution < 1.29 is 4.79 Å². The average Bonchev–Trinajstić information content (AvgIpc) is 2.61. The summed E-state index contributed by atoms with van der Waals surface area (Å²) in [6.07, 6.45) is 5.74. The summed E-state index contributed by atoms with van der Waals surface area (Å²) in [5.74, 6) is 1.08. The van der Waals surface area contributed by atoms with Gasteiger partial charge >= 0.3 is 0 Å². The van der Waals surface area contributed by atoms with Crippen LogP contribution in [0.1, 0.15) is 12.2 Å². The van der Waals surface area contributed by atoms with Gasteiger partial charge in [0.1, 0.15) is 5.82 Å². The van der Waals surface area contributed by atoms with Crippen molar-refractivity contribution in [3.63, 3.8) is 0 Å². The van der Waals surface area contributed by atoms with E-state index in [4.69, 9.17) is 0 Å². The van der Waals surface area contributed by atoms with Crippen molar-refractivity contribution in [1.29, 1.82) is 0 Å². The molecule has 1 aromatic rings. The third-order valence-electron chi connectivity index (χ3n) is 2.57. The second-order valence-corrected chi connectivity index (χ2v) is 3.69. The monoisotopic (exact) mass is 203 g/mol. The van der Waals surface area contributed by atoms with Gasteiger partial charge in [-0.2, -0.15) is 0 Å². The van der Waals surface area contributed by atoms with Crippen molar-refractivity contribution in [2.45, 2.75) is 13.3 Å². The summed E-state index contributed by atoms with van der Waals surface area (Å²) in [5, 5.41) is 0. The smallest absolute Gasteiger partial charge is 0.227 e. The molecule has 2 rings (SSSR count). The fourth-order valence-corrected chi connectivity index (χ4v) is 1.67. The van der Waals surface area contributed by atoms with Crippen LogP contribution in [0.25, 0.3) is 0 Å². The third-order valence-corrected chi connectivity index (χ3v) is 2.57. The number of anilines is 1. The van der Waals surface area contributed by atoms with Crippen LogP contribution in [0.3, 0.4) is 0 Å². The van der Waals surface area contributed by atoms with Crippen LogP contribution in [-0.2, 0) is 4.79 Å². The normalized spacial score (nSPS) is 20.7. The number of aromatic nitrogens is 2. The second-order valence-electron chi connectivity index (χ2n) is 3.69. The molecule has 4 nitrogen and oxygen atoms in total. The maximum Gasteiger partial charge on any atom is 0.227 e. The van der Waals surface area contributed by atoms with Crippen LogP contribution in [0.15, 0.2) is 25.0 Å². The van der Waals surface area contributed by atoms with Gasteiger partial charge in [-0.25, -0.2) is 9.97 Å². The summed E-state index contributed by atoms with van der Waals surface area (Å²) in [6, 6.07) is 0. The summed E-state index contributed by atoms with van der Waals surface area (Å²) in [6.45, 7) is 6.22. The van der Waals surface area contributed by atoms with Crippen molar-refractivity contribution in [2.75, 3.05) is 11.4 Å². The number of nitrogens with zero attached hydrogens (tertiary/aromatic N) is 3. The first-order valence-electron chi connectivity index (χ1n) is 4.92. The van der Waals surface area contributed by atoms with Crippen LogP contribution in [0.4, 0.5) is 5.69 Å². The highest BCUT2D eigenvalue weighted by atomic mass is 16.2. The van der Waals surface area contributed by atoms with Crippen LogP contribution in [-0.4, -0.2) is 22.4 Å². The molecule has 0 bridgehead atoms. The molecule has 0 aliphatic carbocycles. The van der Waals surface area contributed by atoms with E-state index in [9.17, 15) is 4.79 Å². The molecule has 0 saturated carbocycles. The van der Waals surface area contributed by atoms with Crippen molar-refractivity contribution in [2.24, 2.45) is 5.92 Å². The number of hydrogen-bond acceptors (Lipinski definition) is 3. The van der Waals surface area contributed by atoms with Crippen LogP contribution >= 0.6 is 0 Å². The molecule has 0 aromatic carbocycles. The lowest BCUT2D eigenvalue weighted by molar-refractivity contribution is -0.117. The molecule has 2 heterocycles. The highest BCUT2D eigenvalue weighted by Gasteiger charge is 2.28. The molecule has 0 radical (unpaired) electrons. The zero-order chi connectivity index (χ0) is 10.8. The Bertz CT molecular complexity index is 385. The fourth-order valence-electron chi connectivity index (χ4n) is 1.67. The first-order valence-corrected chi connectivity index (χ1v) is 4.92. The summed E-state index contributed by atoms with van der Waals surface area (Å²) < 4.78 is 0. The highest BCUT2D eigenvalue weighted by molar-refractivity contribution is 5.95. The van der Waals surface area contributed by atoms with Gasteiger partial charge in [-0.1, -0.05) is 6.08 Å². The number of amides is 1. The van der Waals surface area contributed by atoms with Crippen molar-refractivity contribution in [3.05, 3.63) is 30.9 Å². The maximum atomic E-state index is 11.7. The van der Waals surface area contributed by atoms with Crippen LogP contribution < -0.4 is 4.90 Å². The van der Waals surface area contributed by atoms with E-state index in [0.717, 1.165) is 5.69 Å². The first kappa shape index (κ1) is 9.83. The Morgan fingerprint density at radius 1 is 1.53 bits per heavy atom. The highest BCUT2D eigenvalue weighted by Crippen LogP contribution is 2.24. The van der Waals surface area contributed by atoms with E-state index in [-0.39, 0.29) is 11.8 Å². The molecule has 1 aliphatic heterocycles. The molecule has 1 atom stereocenters. The van der Waals surface area contributed by atoms with Gasteiger partial charge in [0, 0.05) is 18.9 Å². The van der Waals surface area contributed by atoms with Gasteiger partial charge < -0.3 is 4.90 Å². The number of carbonyl (C=O) groups excluding carboxylic acids is 1. The molecule has 1 unspecified atom stereocenters. The Kier molecular flexibility index (Phi) is 2.49. The number of carbonyl (C=O) groups is 1. The van der Waals surface area contributed by atoms with Gasteiger partial charge in [0.15, 0.2) is 0 Å². The lowest BCUT2D eigenvalue weighted by Crippen LogP contribution is -2.24. The Morgan fingerprint density at radius 3 is 2.73 bits per heavy atom. The van der Waals surface area contributed by atoms with Gasteiger partial charge in [-0.3, -0.25) is 4.79 Å². The summed E-state index contributed by atoms with van der Waals surface area (Å²) >= 11 is 0. The molecule has 1 fully saturated rings. The predicted molar refractivity (Wildman–Crippen MR) is 57.4 cm³/mol. The molecular formula is C11H13N3O.